The number of aromatic nitrogens is 4. The molecule has 0 aliphatic heterocycles. The van der Waals surface area contributed by atoms with Gasteiger partial charge in [0.2, 0.25) is 0 Å². The number of nitrogens with zero attached hydrogens (tertiary/aromatic N) is 4. The molecule has 0 amide bonds. The highest BCUT2D eigenvalue weighted by Crippen LogP contribution is 2.24. The molecule has 0 saturated carbocycles. The SMILES string of the molecule is O=C(Cl)COc1nc(-c2ccc(Cl)cn2)n(-c2ccc(F)cc2F)n1. The first-order valence-electron chi connectivity index (χ1n) is 6.79. The predicted molar refractivity (Wildman–Crippen MR) is 85.9 cm³/mol. The summed E-state index contributed by atoms with van der Waals surface area (Å²) in [6.07, 6.45) is 1.37. The van der Waals surface area contributed by atoms with Crippen LogP contribution in [0.5, 0.6) is 6.01 Å². The van der Waals surface area contributed by atoms with Gasteiger partial charge in [0.25, 0.3) is 5.24 Å². The minimum absolute atomic E-state index is 0.0762. The third-order valence-corrected chi connectivity index (χ3v) is 3.33. The molecule has 0 N–H and O–H groups in total. The van der Waals surface area contributed by atoms with Crippen LogP contribution in [0.2, 0.25) is 5.02 Å². The second-order valence-electron chi connectivity index (χ2n) is 4.73. The predicted octanol–water partition coefficient (Wildman–Crippen LogP) is 3.41. The molecule has 0 aliphatic carbocycles. The number of pyridine rings is 1. The molecule has 128 valence electrons. The van der Waals surface area contributed by atoms with Gasteiger partial charge in [0.15, 0.2) is 18.2 Å². The lowest BCUT2D eigenvalue weighted by Gasteiger charge is -2.06. The van der Waals surface area contributed by atoms with Crippen molar-refractivity contribution in [1.82, 2.24) is 19.7 Å². The van der Waals surface area contributed by atoms with Crippen LogP contribution in [0.15, 0.2) is 36.5 Å². The third-order valence-electron chi connectivity index (χ3n) is 3.00. The van der Waals surface area contributed by atoms with Crippen molar-refractivity contribution in [3.05, 3.63) is 53.2 Å². The van der Waals surface area contributed by atoms with E-state index in [0.29, 0.717) is 16.8 Å². The Morgan fingerprint density at radius 2 is 2.04 bits per heavy atom. The lowest BCUT2D eigenvalue weighted by Crippen LogP contribution is -2.06. The summed E-state index contributed by atoms with van der Waals surface area (Å²) in [5.74, 6) is -1.49. The molecule has 3 rings (SSSR count). The van der Waals surface area contributed by atoms with Crippen molar-refractivity contribution >= 4 is 28.4 Å². The fourth-order valence-corrected chi connectivity index (χ4v) is 2.14. The molecule has 6 nitrogen and oxygen atoms in total. The van der Waals surface area contributed by atoms with Gasteiger partial charge in [0.05, 0.1) is 5.02 Å². The van der Waals surface area contributed by atoms with Gasteiger partial charge in [-0.05, 0) is 35.9 Å². The molecule has 1 aromatic carbocycles. The zero-order valence-corrected chi connectivity index (χ0v) is 13.8. The van der Waals surface area contributed by atoms with E-state index in [0.717, 1.165) is 10.7 Å². The molecular formula is C15H8Cl2F2N4O2. The molecule has 0 aliphatic rings. The average Bonchev–Trinajstić information content (AvgIpc) is 2.97. The summed E-state index contributed by atoms with van der Waals surface area (Å²) in [5.41, 5.74) is 0.236. The van der Waals surface area contributed by atoms with Gasteiger partial charge in [-0.3, -0.25) is 9.78 Å². The van der Waals surface area contributed by atoms with E-state index in [-0.39, 0.29) is 17.5 Å². The maximum Gasteiger partial charge on any atom is 0.336 e. The largest absolute Gasteiger partial charge is 0.453 e. The van der Waals surface area contributed by atoms with Crippen molar-refractivity contribution in [1.29, 1.82) is 0 Å². The van der Waals surface area contributed by atoms with Crippen molar-refractivity contribution in [2.75, 3.05) is 6.61 Å². The Balaban J connectivity index is 2.10. The van der Waals surface area contributed by atoms with Crippen LogP contribution in [0.3, 0.4) is 0 Å². The number of benzene rings is 1. The van der Waals surface area contributed by atoms with Crippen molar-refractivity contribution in [3.63, 3.8) is 0 Å². The molecule has 10 heteroatoms. The van der Waals surface area contributed by atoms with E-state index in [4.69, 9.17) is 27.9 Å². The summed E-state index contributed by atoms with van der Waals surface area (Å²) in [6, 6.07) is 5.85. The second-order valence-corrected chi connectivity index (χ2v) is 5.59. The molecule has 0 radical (unpaired) electrons. The normalized spacial score (nSPS) is 10.7. The van der Waals surface area contributed by atoms with E-state index in [1.165, 1.54) is 12.3 Å². The Hall–Kier alpha value is -2.58. The second kappa shape index (κ2) is 7.12. The number of halogens is 4. The molecule has 0 fully saturated rings. The summed E-state index contributed by atoms with van der Waals surface area (Å²) in [4.78, 5) is 19.0. The van der Waals surface area contributed by atoms with Gasteiger partial charge in [0, 0.05) is 12.3 Å². The van der Waals surface area contributed by atoms with Crippen LogP contribution in [-0.4, -0.2) is 31.6 Å². The first-order chi connectivity index (χ1) is 11.9. The van der Waals surface area contributed by atoms with E-state index < -0.39 is 23.5 Å². The molecule has 0 spiro atoms. The minimum Gasteiger partial charge on any atom is -0.453 e. The van der Waals surface area contributed by atoms with Gasteiger partial charge in [-0.2, -0.15) is 4.98 Å². The zero-order chi connectivity index (χ0) is 18.0. The van der Waals surface area contributed by atoms with Crippen molar-refractivity contribution < 1.29 is 18.3 Å². The number of rotatable bonds is 5. The van der Waals surface area contributed by atoms with Gasteiger partial charge >= 0.3 is 6.01 Å². The Labute approximate surface area is 150 Å². The quantitative estimate of drug-likeness (QED) is 0.630. The van der Waals surface area contributed by atoms with Crippen LogP contribution in [0.4, 0.5) is 8.78 Å². The minimum atomic E-state index is -0.861. The molecule has 2 aromatic heterocycles. The Morgan fingerprint density at radius 1 is 1.24 bits per heavy atom. The average molecular weight is 385 g/mol. The topological polar surface area (TPSA) is 69.9 Å². The van der Waals surface area contributed by atoms with Gasteiger partial charge in [-0.25, -0.2) is 13.5 Å². The number of hydrogen-bond acceptors (Lipinski definition) is 5. The van der Waals surface area contributed by atoms with Crippen LogP contribution in [0.25, 0.3) is 17.2 Å². The van der Waals surface area contributed by atoms with Crippen molar-refractivity contribution in [2.24, 2.45) is 0 Å². The fourth-order valence-electron chi connectivity index (χ4n) is 1.97. The molecule has 3 aromatic rings. The summed E-state index contributed by atoms with van der Waals surface area (Å²) in [5, 5.41) is 3.62. The summed E-state index contributed by atoms with van der Waals surface area (Å²) < 4.78 is 33.4. The molecule has 0 unspecified atom stereocenters. The van der Waals surface area contributed by atoms with Crippen LogP contribution in [0, 0.1) is 11.6 Å². The number of ether oxygens (including phenoxy) is 1. The van der Waals surface area contributed by atoms with Crippen LogP contribution in [0.1, 0.15) is 0 Å². The third kappa shape index (κ3) is 3.92. The van der Waals surface area contributed by atoms with Crippen LogP contribution in [-0.2, 0) is 4.79 Å². The molecular weight excluding hydrogens is 377 g/mol. The number of hydrogen-bond donors (Lipinski definition) is 0. The smallest absolute Gasteiger partial charge is 0.336 e. The van der Waals surface area contributed by atoms with E-state index in [9.17, 15) is 13.6 Å². The number of carbonyl (C=O) groups excluding carboxylic acids is 1. The van der Waals surface area contributed by atoms with E-state index in [2.05, 4.69) is 15.1 Å². The van der Waals surface area contributed by atoms with Crippen molar-refractivity contribution in [2.45, 2.75) is 0 Å². The highest BCUT2D eigenvalue weighted by molar-refractivity contribution is 6.63. The van der Waals surface area contributed by atoms with Gasteiger partial charge in [-0.1, -0.05) is 11.6 Å². The Kier molecular flexibility index (Phi) is 4.91. The van der Waals surface area contributed by atoms with Gasteiger partial charge in [-0.15, -0.1) is 5.10 Å². The highest BCUT2D eigenvalue weighted by Gasteiger charge is 2.19. The summed E-state index contributed by atoms with van der Waals surface area (Å²) in [6.45, 7) is -0.467. The van der Waals surface area contributed by atoms with E-state index in [1.807, 2.05) is 0 Å². The zero-order valence-electron chi connectivity index (χ0n) is 12.3. The van der Waals surface area contributed by atoms with E-state index in [1.54, 1.807) is 12.1 Å². The summed E-state index contributed by atoms with van der Waals surface area (Å²) in [7, 11) is 0. The molecule has 0 atom stereocenters. The highest BCUT2D eigenvalue weighted by atomic mass is 35.5. The lowest BCUT2D eigenvalue weighted by atomic mass is 10.3. The maximum atomic E-state index is 14.1. The molecule has 2 heterocycles. The van der Waals surface area contributed by atoms with E-state index >= 15 is 0 Å². The van der Waals surface area contributed by atoms with Gasteiger partial charge < -0.3 is 4.74 Å². The monoisotopic (exact) mass is 384 g/mol. The van der Waals surface area contributed by atoms with Crippen LogP contribution >= 0.6 is 23.2 Å². The van der Waals surface area contributed by atoms with Crippen molar-refractivity contribution in [3.8, 4) is 23.2 Å². The first kappa shape index (κ1) is 17.2. The Bertz CT molecular complexity index is 932. The summed E-state index contributed by atoms with van der Waals surface area (Å²) >= 11 is 11.0. The lowest BCUT2D eigenvalue weighted by molar-refractivity contribution is -0.113. The molecule has 0 bridgehead atoms. The molecule has 0 saturated heterocycles. The Morgan fingerprint density at radius 3 is 2.68 bits per heavy atom. The standard InChI is InChI=1S/C15H8Cl2F2N4O2/c16-8-1-3-11(20-6-8)14-21-15(25-7-13(17)24)22-23(14)12-4-2-9(18)5-10(12)19/h1-6H,7H2. The van der Waals surface area contributed by atoms with Gasteiger partial charge in [0.1, 0.15) is 17.2 Å². The maximum absolute atomic E-state index is 14.1. The van der Waals surface area contributed by atoms with Crippen LogP contribution < -0.4 is 4.74 Å². The number of carbonyl (C=O) groups is 1. The fraction of sp³-hybridized carbons (Fsp3) is 0.0667. The molecule has 25 heavy (non-hydrogen) atoms. The first-order valence-corrected chi connectivity index (χ1v) is 7.55.